The molecule has 4 aromatic rings. The second kappa shape index (κ2) is 8.49. The molecule has 0 aliphatic carbocycles. The van der Waals surface area contributed by atoms with Crippen LogP contribution in [0.4, 0.5) is 11.4 Å². The summed E-state index contributed by atoms with van der Waals surface area (Å²) in [5.41, 5.74) is 4.52. The highest BCUT2D eigenvalue weighted by molar-refractivity contribution is 6.44. The Bertz CT molecular complexity index is 1300. The Morgan fingerprint density at radius 1 is 0.967 bits per heavy atom. The van der Waals surface area contributed by atoms with Crippen LogP contribution in [0.15, 0.2) is 82.3 Å². The van der Waals surface area contributed by atoms with E-state index in [-0.39, 0.29) is 21.9 Å². The summed E-state index contributed by atoms with van der Waals surface area (Å²) in [4.78, 5) is 13.0. The quantitative estimate of drug-likeness (QED) is 0.359. The minimum atomic E-state index is -0.480. The number of carbonyl (C=O) groups excluding carboxylic acids is 1. The van der Waals surface area contributed by atoms with Crippen LogP contribution in [0.25, 0.3) is 11.0 Å². The number of hydrogen-bond acceptors (Lipinski definition) is 5. The lowest BCUT2D eigenvalue weighted by atomic mass is 10.1. The average molecular weight is 440 g/mol. The zero-order valence-electron chi connectivity index (χ0n) is 15.4. The van der Waals surface area contributed by atoms with E-state index in [2.05, 4.69) is 15.8 Å². The second-order valence-corrected chi connectivity index (χ2v) is 7.12. The number of fused-ring (bicyclic) bond motifs is 1. The molecular formula is C22H15Cl2N3O3. The Morgan fingerprint density at radius 3 is 2.57 bits per heavy atom. The van der Waals surface area contributed by atoms with Gasteiger partial charge in [-0.3, -0.25) is 10.2 Å². The lowest BCUT2D eigenvalue weighted by molar-refractivity contribution is 0.102. The van der Waals surface area contributed by atoms with Crippen LogP contribution in [-0.2, 0) is 0 Å². The van der Waals surface area contributed by atoms with Gasteiger partial charge in [0.25, 0.3) is 5.91 Å². The molecule has 3 N–H and O–H groups in total. The fourth-order valence-corrected chi connectivity index (χ4v) is 3.12. The molecule has 150 valence electrons. The van der Waals surface area contributed by atoms with Gasteiger partial charge in [-0.15, -0.1) is 5.10 Å². The third-order valence-corrected chi connectivity index (χ3v) is 5.06. The van der Waals surface area contributed by atoms with Crippen LogP contribution in [0.1, 0.15) is 10.4 Å². The van der Waals surface area contributed by atoms with Crippen molar-refractivity contribution in [2.75, 3.05) is 10.7 Å². The van der Waals surface area contributed by atoms with Gasteiger partial charge in [-0.25, -0.2) is 0 Å². The number of benzene rings is 3. The topological polar surface area (TPSA) is 86.9 Å². The zero-order valence-corrected chi connectivity index (χ0v) is 16.9. The Balaban J connectivity index is 1.79. The van der Waals surface area contributed by atoms with Crippen LogP contribution in [0, 0.1) is 0 Å². The third kappa shape index (κ3) is 4.25. The van der Waals surface area contributed by atoms with Crippen molar-refractivity contribution in [3.8, 4) is 5.75 Å². The van der Waals surface area contributed by atoms with Gasteiger partial charge in [-0.05, 0) is 42.5 Å². The first-order valence-electron chi connectivity index (χ1n) is 8.88. The van der Waals surface area contributed by atoms with Gasteiger partial charge >= 0.3 is 0 Å². The molecule has 0 aliphatic rings. The van der Waals surface area contributed by atoms with E-state index in [1.54, 1.807) is 30.3 Å². The highest BCUT2D eigenvalue weighted by Gasteiger charge is 2.15. The smallest absolute Gasteiger partial charge is 0.261 e. The number of phenolic OH excluding ortho intramolecular Hbond substituents is 1. The summed E-state index contributed by atoms with van der Waals surface area (Å²) in [5.74, 6) is -0.442. The lowest BCUT2D eigenvalue weighted by Crippen LogP contribution is -2.23. The van der Waals surface area contributed by atoms with Crippen molar-refractivity contribution < 1.29 is 14.3 Å². The Kier molecular flexibility index (Phi) is 5.61. The van der Waals surface area contributed by atoms with Gasteiger partial charge in [0.15, 0.2) is 0 Å². The van der Waals surface area contributed by atoms with E-state index < -0.39 is 5.91 Å². The number of hydrogen-bond donors (Lipinski definition) is 3. The maximum Gasteiger partial charge on any atom is 0.261 e. The number of phenols is 1. The molecule has 0 atom stereocenters. The summed E-state index contributed by atoms with van der Waals surface area (Å²) in [6.45, 7) is 0. The number of para-hydroxylation sites is 1. The molecule has 4 rings (SSSR count). The van der Waals surface area contributed by atoms with Crippen LogP contribution < -0.4 is 16.3 Å². The van der Waals surface area contributed by atoms with Crippen molar-refractivity contribution in [3.63, 3.8) is 0 Å². The molecule has 30 heavy (non-hydrogen) atoms. The third-order valence-electron chi connectivity index (χ3n) is 4.24. The number of anilines is 2. The minimum Gasteiger partial charge on any atom is -0.508 e. The Hall–Kier alpha value is -3.48. The van der Waals surface area contributed by atoms with Crippen LogP contribution in [0.5, 0.6) is 5.75 Å². The zero-order chi connectivity index (χ0) is 21.1. The number of rotatable bonds is 4. The van der Waals surface area contributed by atoms with Crippen molar-refractivity contribution >= 4 is 51.5 Å². The van der Waals surface area contributed by atoms with Gasteiger partial charge in [0.2, 0.25) is 5.55 Å². The predicted octanol–water partition coefficient (Wildman–Crippen LogP) is 5.63. The van der Waals surface area contributed by atoms with Gasteiger partial charge < -0.3 is 14.8 Å². The molecule has 1 aromatic heterocycles. The molecule has 0 fully saturated rings. The first-order valence-corrected chi connectivity index (χ1v) is 9.64. The normalized spacial score (nSPS) is 11.5. The highest BCUT2D eigenvalue weighted by Crippen LogP contribution is 2.30. The summed E-state index contributed by atoms with van der Waals surface area (Å²) >= 11 is 12.2. The molecule has 0 spiro atoms. The van der Waals surface area contributed by atoms with Gasteiger partial charge in [0, 0.05) is 11.5 Å². The summed E-state index contributed by atoms with van der Waals surface area (Å²) < 4.78 is 5.80. The van der Waals surface area contributed by atoms with Gasteiger partial charge in [0.1, 0.15) is 16.9 Å². The van der Waals surface area contributed by atoms with E-state index in [9.17, 15) is 9.90 Å². The van der Waals surface area contributed by atoms with Crippen LogP contribution in [0.3, 0.4) is 0 Å². The molecule has 6 nitrogen and oxygen atoms in total. The maximum atomic E-state index is 13.0. The molecule has 0 saturated heterocycles. The first-order chi connectivity index (χ1) is 14.5. The number of halogens is 2. The van der Waals surface area contributed by atoms with Crippen LogP contribution in [0.2, 0.25) is 10.0 Å². The molecule has 0 saturated carbocycles. The molecule has 0 aliphatic heterocycles. The number of carbonyl (C=O) groups is 1. The Labute approximate surface area is 181 Å². The van der Waals surface area contributed by atoms with E-state index in [1.807, 2.05) is 30.3 Å². The average Bonchev–Trinajstić information content (AvgIpc) is 2.75. The van der Waals surface area contributed by atoms with E-state index in [0.717, 1.165) is 0 Å². The summed E-state index contributed by atoms with van der Waals surface area (Å²) in [5, 5.41) is 17.9. The second-order valence-electron chi connectivity index (χ2n) is 6.33. The van der Waals surface area contributed by atoms with Crippen molar-refractivity contribution in [1.29, 1.82) is 0 Å². The van der Waals surface area contributed by atoms with Gasteiger partial charge in [-0.2, -0.15) is 0 Å². The van der Waals surface area contributed by atoms with E-state index in [1.165, 1.54) is 12.1 Å². The molecule has 0 bridgehead atoms. The highest BCUT2D eigenvalue weighted by atomic mass is 35.5. The Morgan fingerprint density at radius 2 is 1.77 bits per heavy atom. The van der Waals surface area contributed by atoms with E-state index in [0.29, 0.717) is 27.4 Å². The lowest BCUT2D eigenvalue weighted by Gasteiger charge is -2.09. The SMILES string of the molecule is O=C(Nc1cccc(Cl)c1Cl)c1cc2ccc(O)cc2o/c1=N/Nc1ccccc1. The molecule has 1 amide bonds. The van der Waals surface area contributed by atoms with Crippen molar-refractivity contribution in [2.45, 2.75) is 0 Å². The minimum absolute atomic E-state index is 0.0348. The number of amides is 1. The van der Waals surface area contributed by atoms with Gasteiger partial charge in [-0.1, -0.05) is 47.5 Å². The standard InChI is InChI=1S/C22H15Cl2N3O3/c23-17-7-4-8-18(20(17)24)25-21(29)16-11-13-9-10-15(28)12-19(13)30-22(16)27-26-14-5-2-1-3-6-14/h1-12,26,28H,(H,25,29)/b27-22+. The molecule has 0 unspecified atom stereocenters. The van der Waals surface area contributed by atoms with E-state index >= 15 is 0 Å². The fraction of sp³-hybridized carbons (Fsp3) is 0. The fourth-order valence-electron chi connectivity index (χ4n) is 2.77. The van der Waals surface area contributed by atoms with Crippen molar-refractivity contribution in [3.05, 3.63) is 94.0 Å². The summed E-state index contributed by atoms with van der Waals surface area (Å²) in [6.07, 6.45) is 0. The van der Waals surface area contributed by atoms with Crippen molar-refractivity contribution in [2.24, 2.45) is 5.10 Å². The molecule has 8 heteroatoms. The summed E-state index contributed by atoms with van der Waals surface area (Å²) in [7, 11) is 0. The van der Waals surface area contributed by atoms with Gasteiger partial charge in [0.05, 0.1) is 21.4 Å². The van der Waals surface area contributed by atoms with Crippen LogP contribution >= 0.6 is 23.2 Å². The number of nitrogens with one attached hydrogen (secondary N) is 2. The maximum absolute atomic E-state index is 13.0. The molecule has 0 radical (unpaired) electrons. The largest absolute Gasteiger partial charge is 0.508 e. The number of nitrogens with zero attached hydrogens (tertiary/aromatic N) is 1. The molecule has 3 aromatic carbocycles. The van der Waals surface area contributed by atoms with Crippen LogP contribution in [-0.4, -0.2) is 11.0 Å². The molecule has 1 heterocycles. The predicted molar refractivity (Wildman–Crippen MR) is 118 cm³/mol. The first kappa shape index (κ1) is 19.8. The van der Waals surface area contributed by atoms with E-state index in [4.69, 9.17) is 27.6 Å². The van der Waals surface area contributed by atoms with Crippen molar-refractivity contribution in [1.82, 2.24) is 0 Å². The molecular weight excluding hydrogens is 425 g/mol. The number of aromatic hydroxyl groups is 1. The summed E-state index contributed by atoms with van der Waals surface area (Å²) in [6, 6.07) is 20.4. The monoisotopic (exact) mass is 439 g/mol.